The van der Waals surface area contributed by atoms with Crippen LogP contribution in [0.25, 0.3) is 0 Å². The van der Waals surface area contributed by atoms with Crippen LogP contribution in [0.3, 0.4) is 0 Å². The van der Waals surface area contributed by atoms with Crippen LogP contribution in [0.2, 0.25) is 0 Å². The molecule has 1 aromatic rings. The zero-order chi connectivity index (χ0) is 12.4. The highest BCUT2D eigenvalue weighted by Crippen LogP contribution is 2.40. The van der Waals surface area contributed by atoms with E-state index < -0.39 is 6.10 Å². The molecule has 17 heavy (non-hydrogen) atoms. The molecule has 92 valence electrons. The van der Waals surface area contributed by atoms with Gasteiger partial charge in [0.2, 0.25) is 0 Å². The zero-order valence-corrected chi connectivity index (χ0v) is 10.3. The predicted molar refractivity (Wildman–Crippen MR) is 67.6 cm³/mol. The summed E-state index contributed by atoms with van der Waals surface area (Å²) in [5, 5.41) is 21.1. The highest BCUT2D eigenvalue weighted by molar-refractivity contribution is 7.16. The molecule has 0 saturated heterocycles. The van der Waals surface area contributed by atoms with Crippen molar-refractivity contribution in [3.63, 3.8) is 0 Å². The third kappa shape index (κ3) is 2.48. The maximum Gasteiger partial charge on any atom is 0.304 e. The molecule has 0 fully saturated rings. The molecule has 1 unspecified atom stereocenters. The summed E-state index contributed by atoms with van der Waals surface area (Å²) in [6, 6.07) is 1.48. The van der Waals surface area contributed by atoms with Gasteiger partial charge in [0.05, 0.1) is 11.0 Å². The summed E-state index contributed by atoms with van der Waals surface area (Å²) in [6.07, 6.45) is 4.33. The van der Waals surface area contributed by atoms with E-state index in [9.17, 15) is 15.2 Å². The maximum absolute atomic E-state index is 11.0. The highest BCUT2D eigenvalue weighted by atomic mass is 32.1. The lowest BCUT2D eigenvalue weighted by molar-refractivity contribution is -0.383. The molecule has 2 rings (SSSR count). The summed E-state index contributed by atoms with van der Waals surface area (Å²) < 4.78 is 0. The van der Waals surface area contributed by atoms with Crippen LogP contribution in [0.5, 0.6) is 0 Å². The third-order valence-electron chi connectivity index (χ3n) is 2.67. The topological polar surface area (TPSA) is 66.6 Å². The van der Waals surface area contributed by atoms with Crippen molar-refractivity contribution in [2.45, 2.75) is 19.4 Å². The van der Waals surface area contributed by atoms with E-state index in [2.05, 4.69) is 6.08 Å². The Morgan fingerprint density at radius 1 is 1.59 bits per heavy atom. The Bertz CT molecular complexity index is 454. The SMILES string of the molecule is CC(O)c1cc([N+](=O)[O-])c(N2CC=CCC2)s1. The molecule has 0 bridgehead atoms. The first-order valence-corrected chi connectivity index (χ1v) is 6.27. The number of anilines is 1. The van der Waals surface area contributed by atoms with Gasteiger partial charge in [-0.05, 0) is 13.3 Å². The minimum atomic E-state index is -0.659. The fourth-order valence-corrected chi connectivity index (χ4v) is 2.88. The molecule has 1 atom stereocenters. The summed E-state index contributed by atoms with van der Waals surface area (Å²) in [5.41, 5.74) is 0.0983. The van der Waals surface area contributed by atoms with Crippen molar-refractivity contribution in [2.75, 3.05) is 18.0 Å². The first-order chi connectivity index (χ1) is 8.09. The molecular formula is C11H14N2O3S. The minimum Gasteiger partial charge on any atom is -0.388 e. The lowest BCUT2D eigenvalue weighted by Gasteiger charge is -2.23. The predicted octanol–water partition coefficient (Wildman–Crippen LogP) is 2.48. The van der Waals surface area contributed by atoms with Crippen molar-refractivity contribution >= 4 is 22.0 Å². The van der Waals surface area contributed by atoms with Gasteiger partial charge in [-0.1, -0.05) is 12.2 Å². The van der Waals surface area contributed by atoms with Gasteiger partial charge in [-0.2, -0.15) is 0 Å². The van der Waals surface area contributed by atoms with Gasteiger partial charge in [0.15, 0.2) is 5.00 Å². The van der Waals surface area contributed by atoms with E-state index in [0.29, 0.717) is 16.4 Å². The summed E-state index contributed by atoms with van der Waals surface area (Å²) in [6.45, 7) is 3.10. The molecule has 0 amide bonds. The molecule has 0 saturated carbocycles. The van der Waals surface area contributed by atoms with E-state index >= 15 is 0 Å². The van der Waals surface area contributed by atoms with Crippen LogP contribution in [0.4, 0.5) is 10.7 Å². The normalized spacial score (nSPS) is 17.2. The lowest BCUT2D eigenvalue weighted by Crippen LogP contribution is -2.26. The number of aliphatic hydroxyl groups excluding tert-OH is 1. The second-order valence-corrected chi connectivity index (χ2v) is 5.04. The number of rotatable bonds is 3. The summed E-state index contributed by atoms with van der Waals surface area (Å²) in [7, 11) is 0. The van der Waals surface area contributed by atoms with Gasteiger partial charge in [0.1, 0.15) is 0 Å². The fraction of sp³-hybridized carbons (Fsp3) is 0.455. The van der Waals surface area contributed by atoms with Crippen molar-refractivity contribution in [1.29, 1.82) is 0 Å². The van der Waals surface area contributed by atoms with E-state index in [1.165, 1.54) is 17.4 Å². The Balaban J connectivity index is 2.36. The number of thiophene rings is 1. The van der Waals surface area contributed by atoms with E-state index in [4.69, 9.17) is 0 Å². The molecule has 1 aliphatic heterocycles. The smallest absolute Gasteiger partial charge is 0.304 e. The number of nitro groups is 1. The van der Waals surface area contributed by atoms with Crippen LogP contribution in [0.15, 0.2) is 18.2 Å². The molecule has 1 aromatic heterocycles. The summed E-state index contributed by atoms with van der Waals surface area (Å²) >= 11 is 1.30. The van der Waals surface area contributed by atoms with Gasteiger partial charge in [0.25, 0.3) is 0 Å². The van der Waals surface area contributed by atoms with Crippen LogP contribution in [0.1, 0.15) is 24.3 Å². The Hall–Kier alpha value is -1.40. The average Bonchev–Trinajstić information content (AvgIpc) is 2.75. The second-order valence-electron chi connectivity index (χ2n) is 3.98. The summed E-state index contributed by atoms with van der Waals surface area (Å²) in [4.78, 5) is 13.2. The first-order valence-electron chi connectivity index (χ1n) is 5.45. The van der Waals surface area contributed by atoms with Crippen LogP contribution in [-0.4, -0.2) is 23.1 Å². The van der Waals surface area contributed by atoms with Gasteiger partial charge >= 0.3 is 5.69 Å². The Morgan fingerprint density at radius 2 is 2.35 bits per heavy atom. The van der Waals surface area contributed by atoms with E-state index in [1.54, 1.807) is 6.92 Å². The van der Waals surface area contributed by atoms with Crippen molar-refractivity contribution in [3.05, 3.63) is 33.2 Å². The van der Waals surface area contributed by atoms with Gasteiger partial charge < -0.3 is 10.0 Å². The van der Waals surface area contributed by atoms with Crippen molar-refractivity contribution in [1.82, 2.24) is 0 Å². The van der Waals surface area contributed by atoms with Crippen LogP contribution in [-0.2, 0) is 0 Å². The number of hydrogen-bond donors (Lipinski definition) is 1. The molecule has 0 aliphatic carbocycles. The minimum absolute atomic E-state index is 0.0983. The van der Waals surface area contributed by atoms with E-state index in [-0.39, 0.29) is 10.6 Å². The lowest BCUT2D eigenvalue weighted by atomic mass is 10.2. The van der Waals surface area contributed by atoms with Gasteiger partial charge in [-0.15, -0.1) is 11.3 Å². The van der Waals surface area contributed by atoms with Crippen molar-refractivity contribution < 1.29 is 10.0 Å². The Labute approximate surface area is 103 Å². The Kier molecular flexibility index (Phi) is 3.44. The third-order valence-corrected chi connectivity index (χ3v) is 4.02. The fourth-order valence-electron chi connectivity index (χ4n) is 1.78. The molecule has 6 heteroatoms. The van der Waals surface area contributed by atoms with Gasteiger partial charge in [0, 0.05) is 24.0 Å². The molecule has 0 spiro atoms. The molecule has 2 heterocycles. The van der Waals surface area contributed by atoms with Crippen LogP contribution >= 0.6 is 11.3 Å². The maximum atomic E-state index is 11.0. The molecule has 1 aliphatic rings. The molecule has 1 N–H and O–H groups in total. The van der Waals surface area contributed by atoms with Gasteiger partial charge in [-0.25, -0.2) is 0 Å². The second kappa shape index (κ2) is 4.85. The average molecular weight is 254 g/mol. The van der Waals surface area contributed by atoms with Crippen LogP contribution in [0, 0.1) is 10.1 Å². The number of aliphatic hydroxyl groups is 1. The number of nitrogens with zero attached hydrogens (tertiary/aromatic N) is 2. The van der Waals surface area contributed by atoms with Crippen molar-refractivity contribution in [3.8, 4) is 0 Å². The monoisotopic (exact) mass is 254 g/mol. The Morgan fingerprint density at radius 3 is 2.88 bits per heavy atom. The highest BCUT2D eigenvalue weighted by Gasteiger charge is 2.25. The van der Waals surface area contributed by atoms with E-state index in [1.807, 2.05) is 11.0 Å². The molecule has 0 radical (unpaired) electrons. The largest absolute Gasteiger partial charge is 0.388 e. The van der Waals surface area contributed by atoms with Gasteiger partial charge in [-0.3, -0.25) is 10.1 Å². The molecule has 5 nitrogen and oxygen atoms in total. The standard InChI is InChI=1S/C11H14N2O3S/c1-8(14)10-7-9(13(15)16)11(17-10)12-5-3-2-4-6-12/h2-3,7-8,14H,4-6H2,1H3. The number of hydrogen-bond acceptors (Lipinski definition) is 5. The van der Waals surface area contributed by atoms with Crippen molar-refractivity contribution in [2.24, 2.45) is 0 Å². The molecular weight excluding hydrogens is 240 g/mol. The van der Waals surface area contributed by atoms with E-state index in [0.717, 1.165) is 13.0 Å². The molecule has 0 aromatic carbocycles. The zero-order valence-electron chi connectivity index (χ0n) is 9.50. The quantitative estimate of drug-likeness (QED) is 0.511. The first kappa shape index (κ1) is 12.1. The van der Waals surface area contributed by atoms with Crippen LogP contribution < -0.4 is 4.90 Å². The summed E-state index contributed by atoms with van der Waals surface area (Å²) in [5.74, 6) is 0.